The van der Waals surface area contributed by atoms with Crippen molar-refractivity contribution in [3.05, 3.63) is 59.4 Å². The van der Waals surface area contributed by atoms with Gasteiger partial charge in [0.1, 0.15) is 17.5 Å². The van der Waals surface area contributed by atoms with Gasteiger partial charge in [0, 0.05) is 31.7 Å². The lowest BCUT2D eigenvalue weighted by molar-refractivity contribution is 0.101. The second kappa shape index (κ2) is 7.32. The highest BCUT2D eigenvalue weighted by atomic mass is 32.2. The number of hydrogen-bond donors (Lipinski definition) is 0. The third-order valence-corrected chi connectivity index (χ3v) is 6.40. The van der Waals surface area contributed by atoms with Crippen LogP contribution in [0.15, 0.2) is 41.3 Å². The molecule has 27 heavy (non-hydrogen) atoms. The quantitative estimate of drug-likeness (QED) is 0.744. The van der Waals surface area contributed by atoms with E-state index in [0.717, 1.165) is 28.6 Å². The van der Waals surface area contributed by atoms with Gasteiger partial charge in [-0.25, -0.2) is 21.6 Å². The maximum absolute atomic E-state index is 14.3. The van der Waals surface area contributed by atoms with E-state index in [0.29, 0.717) is 0 Å². The Labute approximate surface area is 155 Å². The van der Waals surface area contributed by atoms with Crippen molar-refractivity contribution < 1.29 is 26.4 Å². The molecular formula is C18H17F3N2O3S. The number of benzene rings is 2. The number of Topliss-reactive ketones (excluding diaryl/α,β-unsaturated/α-hetero) is 1. The summed E-state index contributed by atoms with van der Waals surface area (Å²) in [5, 5.41) is 0. The molecule has 3 rings (SSSR count). The fourth-order valence-electron chi connectivity index (χ4n) is 3.01. The molecule has 1 fully saturated rings. The number of carbonyl (C=O) groups excluding carboxylic acids is 1. The van der Waals surface area contributed by atoms with Crippen LogP contribution in [-0.2, 0) is 10.0 Å². The molecule has 9 heteroatoms. The van der Waals surface area contributed by atoms with Crippen LogP contribution in [0.2, 0.25) is 0 Å². The molecule has 1 aliphatic rings. The van der Waals surface area contributed by atoms with Gasteiger partial charge in [-0.05, 0) is 37.3 Å². The van der Waals surface area contributed by atoms with E-state index in [9.17, 15) is 26.4 Å². The standard InChI is InChI=1S/C18H17F3N2O3S/c1-12(24)13-5-6-17(16(21)11-13)22-7-9-23(10-8-22)27(25,26)18-14(19)3-2-4-15(18)20/h2-6,11H,7-10H2,1H3. The predicted octanol–water partition coefficient (Wildman–Crippen LogP) is 2.82. The predicted molar refractivity (Wildman–Crippen MR) is 93.7 cm³/mol. The van der Waals surface area contributed by atoms with Crippen LogP contribution in [0.4, 0.5) is 18.9 Å². The summed E-state index contributed by atoms with van der Waals surface area (Å²) in [7, 11) is -4.34. The molecule has 2 aromatic rings. The molecule has 0 bridgehead atoms. The second-order valence-corrected chi connectivity index (χ2v) is 8.04. The fraction of sp³-hybridized carbons (Fsp3) is 0.278. The third kappa shape index (κ3) is 3.70. The van der Waals surface area contributed by atoms with E-state index < -0.39 is 32.4 Å². The SMILES string of the molecule is CC(=O)c1ccc(N2CCN(S(=O)(=O)c3c(F)cccc3F)CC2)c(F)c1. The fourth-order valence-corrected chi connectivity index (χ4v) is 4.54. The molecule has 0 spiro atoms. The number of carbonyl (C=O) groups is 1. The van der Waals surface area contributed by atoms with Crippen LogP contribution < -0.4 is 4.90 Å². The summed E-state index contributed by atoms with van der Waals surface area (Å²) in [5.41, 5.74) is 0.488. The van der Waals surface area contributed by atoms with Crippen molar-refractivity contribution in [2.24, 2.45) is 0 Å². The zero-order chi connectivity index (χ0) is 19.8. The molecule has 2 aromatic carbocycles. The number of rotatable bonds is 4. The summed E-state index contributed by atoms with van der Waals surface area (Å²) in [5.74, 6) is -3.14. The van der Waals surface area contributed by atoms with Crippen LogP contribution in [0.3, 0.4) is 0 Å². The van der Waals surface area contributed by atoms with Gasteiger partial charge in [-0.2, -0.15) is 4.31 Å². The van der Waals surface area contributed by atoms with E-state index in [1.807, 2.05) is 0 Å². The van der Waals surface area contributed by atoms with E-state index in [1.165, 1.54) is 19.1 Å². The first-order valence-electron chi connectivity index (χ1n) is 8.21. The largest absolute Gasteiger partial charge is 0.367 e. The second-order valence-electron chi connectivity index (χ2n) is 6.16. The number of piperazine rings is 1. The Balaban J connectivity index is 1.78. The third-order valence-electron chi connectivity index (χ3n) is 4.45. The Hall–Kier alpha value is -2.39. The molecule has 0 aliphatic carbocycles. The first-order valence-corrected chi connectivity index (χ1v) is 9.65. The van der Waals surface area contributed by atoms with E-state index in [2.05, 4.69) is 0 Å². The highest BCUT2D eigenvalue weighted by Gasteiger charge is 2.33. The van der Waals surface area contributed by atoms with Gasteiger partial charge in [-0.1, -0.05) is 6.07 Å². The van der Waals surface area contributed by atoms with Crippen molar-refractivity contribution in [3.8, 4) is 0 Å². The van der Waals surface area contributed by atoms with Crippen molar-refractivity contribution in [3.63, 3.8) is 0 Å². The lowest BCUT2D eigenvalue weighted by Crippen LogP contribution is -2.49. The molecule has 5 nitrogen and oxygen atoms in total. The molecule has 1 saturated heterocycles. The minimum atomic E-state index is -4.34. The molecule has 0 N–H and O–H groups in total. The molecular weight excluding hydrogens is 381 g/mol. The normalized spacial score (nSPS) is 15.8. The van der Waals surface area contributed by atoms with Gasteiger partial charge in [0.05, 0.1) is 5.69 Å². The van der Waals surface area contributed by atoms with Crippen molar-refractivity contribution in [2.75, 3.05) is 31.1 Å². The first-order chi connectivity index (χ1) is 12.7. The average Bonchev–Trinajstić information content (AvgIpc) is 2.61. The van der Waals surface area contributed by atoms with E-state index in [4.69, 9.17) is 0 Å². The summed E-state index contributed by atoms with van der Waals surface area (Å²) < 4.78 is 68.1. The zero-order valence-corrected chi connectivity index (χ0v) is 15.3. The number of hydrogen-bond acceptors (Lipinski definition) is 4. The summed E-state index contributed by atoms with van der Waals surface area (Å²) in [6, 6.07) is 6.96. The number of ketones is 1. The van der Waals surface area contributed by atoms with Gasteiger partial charge in [0.25, 0.3) is 0 Å². The summed E-state index contributed by atoms with van der Waals surface area (Å²) in [6.45, 7) is 1.52. The summed E-state index contributed by atoms with van der Waals surface area (Å²) >= 11 is 0. The Morgan fingerprint density at radius 2 is 1.52 bits per heavy atom. The van der Waals surface area contributed by atoms with Crippen LogP contribution in [0.1, 0.15) is 17.3 Å². The maximum Gasteiger partial charge on any atom is 0.249 e. The summed E-state index contributed by atoms with van der Waals surface area (Å²) in [4.78, 5) is 12.0. The van der Waals surface area contributed by atoms with Crippen LogP contribution in [-0.4, -0.2) is 44.7 Å². The van der Waals surface area contributed by atoms with Crippen molar-refractivity contribution in [1.82, 2.24) is 4.31 Å². The molecule has 0 amide bonds. The highest BCUT2D eigenvalue weighted by Crippen LogP contribution is 2.26. The lowest BCUT2D eigenvalue weighted by Gasteiger charge is -2.35. The molecule has 0 atom stereocenters. The lowest BCUT2D eigenvalue weighted by atomic mass is 10.1. The van der Waals surface area contributed by atoms with Gasteiger partial charge >= 0.3 is 0 Å². The number of nitrogens with zero attached hydrogens (tertiary/aromatic N) is 2. The van der Waals surface area contributed by atoms with Gasteiger partial charge < -0.3 is 4.90 Å². The maximum atomic E-state index is 14.3. The molecule has 0 unspecified atom stereocenters. The molecule has 1 heterocycles. The van der Waals surface area contributed by atoms with Gasteiger partial charge in [-0.3, -0.25) is 4.79 Å². The Kier molecular flexibility index (Phi) is 5.25. The monoisotopic (exact) mass is 398 g/mol. The Bertz CT molecular complexity index is 967. The van der Waals surface area contributed by atoms with Crippen LogP contribution in [0.25, 0.3) is 0 Å². The van der Waals surface area contributed by atoms with Gasteiger partial charge in [0.2, 0.25) is 10.0 Å². The zero-order valence-electron chi connectivity index (χ0n) is 14.5. The van der Waals surface area contributed by atoms with Crippen molar-refractivity contribution in [2.45, 2.75) is 11.8 Å². The van der Waals surface area contributed by atoms with Crippen LogP contribution in [0.5, 0.6) is 0 Å². The number of anilines is 1. The molecule has 0 aromatic heterocycles. The van der Waals surface area contributed by atoms with Gasteiger partial charge in [-0.15, -0.1) is 0 Å². The number of sulfonamides is 1. The first kappa shape index (κ1) is 19.4. The molecule has 1 aliphatic heterocycles. The highest BCUT2D eigenvalue weighted by molar-refractivity contribution is 7.89. The average molecular weight is 398 g/mol. The number of halogens is 3. The van der Waals surface area contributed by atoms with Gasteiger partial charge in [0.15, 0.2) is 10.7 Å². The Morgan fingerprint density at radius 1 is 0.926 bits per heavy atom. The minimum absolute atomic E-state index is 0.0516. The molecule has 0 saturated carbocycles. The smallest absolute Gasteiger partial charge is 0.249 e. The van der Waals surface area contributed by atoms with Crippen LogP contribution in [0, 0.1) is 17.5 Å². The molecule has 144 valence electrons. The summed E-state index contributed by atoms with van der Waals surface area (Å²) in [6.07, 6.45) is 0. The topological polar surface area (TPSA) is 57.7 Å². The van der Waals surface area contributed by atoms with E-state index in [1.54, 1.807) is 4.90 Å². The van der Waals surface area contributed by atoms with Crippen LogP contribution >= 0.6 is 0 Å². The van der Waals surface area contributed by atoms with Crippen molar-refractivity contribution in [1.29, 1.82) is 0 Å². The van der Waals surface area contributed by atoms with E-state index >= 15 is 0 Å². The Morgan fingerprint density at radius 3 is 2.04 bits per heavy atom. The van der Waals surface area contributed by atoms with Crippen molar-refractivity contribution >= 4 is 21.5 Å². The molecule has 0 radical (unpaired) electrons. The minimum Gasteiger partial charge on any atom is -0.367 e. The van der Waals surface area contributed by atoms with E-state index in [-0.39, 0.29) is 43.2 Å².